The number of aromatic nitrogens is 1. The zero-order valence-corrected chi connectivity index (χ0v) is 9.10. The van der Waals surface area contributed by atoms with Gasteiger partial charge in [-0.2, -0.15) is 0 Å². The lowest BCUT2D eigenvalue weighted by molar-refractivity contribution is 0.386. The van der Waals surface area contributed by atoms with E-state index in [0.717, 1.165) is 25.6 Å². The van der Waals surface area contributed by atoms with Gasteiger partial charge >= 0.3 is 0 Å². The first-order chi connectivity index (χ1) is 7.40. The molecule has 1 aromatic rings. The van der Waals surface area contributed by atoms with Gasteiger partial charge in [0.25, 0.3) is 0 Å². The molecule has 0 bridgehead atoms. The van der Waals surface area contributed by atoms with Crippen molar-refractivity contribution in [3.8, 4) is 0 Å². The third-order valence-electron chi connectivity index (χ3n) is 3.20. The number of anilines is 1. The number of piperidine rings is 1. The summed E-state index contributed by atoms with van der Waals surface area (Å²) in [6.07, 6.45) is 7.49. The summed E-state index contributed by atoms with van der Waals surface area (Å²) >= 11 is 0. The summed E-state index contributed by atoms with van der Waals surface area (Å²) in [6.45, 7) is 3.13. The third kappa shape index (κ3) is 2.69. The van der Waals surface area contributed by atoms with Crippen molar-refractivity contribution in [1.29, 1.82) is 0 Å². The fourth-order valence-electron chi connectivity index (χ4n) is 2.26. The van der Waals surface area contributed by atoms with Gasteiger partial charge in [0, 0.05) is 19.3 Å². The van der Waals surface area contributed by atoms with Crippen LogP contribution >= 0.6 is 0 Å². The molecule has 1 fully saturated rings. The predicted octanol–water partition coefficient (Wildman–Crippen LogP) is 1.65. The molecular weight excluding hydrogens is 186 g/mol. The first-order valence-corrected chi connectivity index (χ1v) is 5.75. The Labute approximate surface area is 91.3 Å². The number of nitrogens with zero attached hydrogens (tertiary/aromatic N) is 2. The predicted molar refractivity (Wildman–Crippen MR) is 62.8 cm³/mol. The number of hydrogen-bond donors (Lipinski definition) is 1. The molecule has 1 saturated heterocycles. The highest BCUT2D eigenvalue weighted by Crippen LogP contribution is 2.23. The van der Waals surface area contributed by atoms with Gasteiger partial charge < -0.3 is 10.6 Å². The Hall–Kier alpha value is -1.09. The molecule has 1 aliphatic heterocycles. The summed E-state index contributed by atoms with van der Waals surface area (Å²) in [7, 11) is 0. The van der Waals surface area contributed by atoms with Crippen LogP contribution in [0.4, 0.5) is 5.69 Å². The molecule has 0 aliphatic carbocycles. The topological polar surface area (TPSA) is 42.1 Å². The van der Waals surface area contributed by atoms with Crippen LogP contribution in [0.15, 0.2) is 24.5 Å². The van der Waals surface area contributed by atoms with Crippen LogP contribution in [0.2, 0.25) is 0 Å². The van der Waals surface area contributed by atoms with E-state index in [0.29, 0.717) is 0 Å². The van der Waals surface area contributed by atoms with Crippen molar-refractivity contribution in [2.75, 3.05) is 24.5 Å². The molecule has 3 heteroatoms. The minimum absolute atomic E-state index is 0.831. The van der Waals surface area contributed by atoms with Crippen LogP contribution < -0.4 is 10.6 Å². The Kier molecular flexibility index (Phi) is 3.56. The van der Waals surface area contributed by atoms with Crippen molar-refractivity contribution < 1.29 is 0 Å². The minimum atomic E-state index is 0.831. The lowest BCUT2D eigenvalue weighted by Gasteiger charge is -2.33. The second-order valence-corrected chi connectivity index (χ2v) is 4.22. The molecule has 0 saturated carbocycles. The fraction of sp³-hybridized carbons (Fsp3) is 0.583. The Morgan fingerprint density at radius 3 is 2.80 bits per heavy atom. The minimum Gasteiger partial charge on any atom is -0.370 e. The number of pyridine rings is 1. The Morgan fingerprint density at radius 2 is 2.20 bits per heavy atom. The molecule has 3 nitrogen and oxygen atoms in total. The smallest absolute Gasteiger partial charge is 0.0552 e. The summed E-state index contributed by atoms with van der Waals surface area (Å²) < 4.78 is 0. The van der Waals surface area contributed by atoms with Crippen LogP contribution in [-0.4, -0.2) is 24.6 Å². The molecule has 2 rings (SSSR count). The number of nitrogens with two attached hydrogens (primary N) is 1. The summed E-state index contributed by atoms with van der Waals surface area (Å²) in [4.78, 5) is 6.57. The van der Waals surface area contributed by atoms with Gasteiger partial charge in [-0.3, -0.25) is 4.98 Å². The van der Waals surface area contributed by atoms with Crippen molar-refractivity contribution in [3.05, 3.63) is 24.5 Å². The number of rotatable bonds is 3. The van der Waals surface area contributed by atoms with E-state index in [1.807, 2.05) is 18.5 Å². The van der Waals surface area contributed by atoms with Crippen molar-refractivity contribution in [2.24, 2.45) is 11.7 Å². The van der Waals surface area contributed by atoms with Gasteiger partial charge in [0.2, 0.25) is 0 Å². The molecule has 82 valence electrons. The highest BCUT2D eigenvalue weighted by atomic mass is 15.1. The lowest BCUT2D eigenvalue weighted by Crippen LogP contribution is -2.34. The maximum Gasteiger partial charge on any atom is 0.0552 e. The molecule has 2 heterocycles. The average molecular weight is 205 g/mol. The standard InChI is InChI=1S/C12H19N3/c13-6-3-11-4-8-15(9-5-11)12-2-1-7-14-10-12/h1-2,7,10-11H,3-6,8-9,13H2. The van der Waals surface area contributed by atoms with E-state index < -0.39 is 0 Å². The highest BCUT2D eigenvalue weighted by molar-refractivity contribution is 5.43. The van der Waals surface area contributed by atoms with Crippen LogP contribution in [0.3, 0.4) is 0 Å². The summed E-state index contributed by atoms with van der Waals surface area (Å²) in [5.74, 6) is 0.836. The van der Waals surface area contributed by atoms with Gasteiger partial charge in [-0.15, -0.1) is 0 Å². The second kappa shape index (κ2) is 5.12. The van der Waals surface area contributed by atoms with Crippen LogP contribution in [0, 0.1) is 5.92 Å². The Morgan fingerprint density at radius 1 is 1.40 bits per heavy atom. The third-order valence-corrected chi connectivity index (χ3v) is 3.20. The number of hydrogen-bond acceptors (Lipinski definition) is 3. The van der Waals surface area contributed by atoms with Gasteiger partial charge in [0.1, 0.15) is 0 Å². The molecule has 1 aromatic heterocycles. The van der Waals surface area contributed by atoms with E-state index in [9.17, 15) is 0 Å². The fourth-order valence-corrected chi connectivity index (χ4v) is 2.26. The molecule has 2 N–H and O–H groups in total. The molecule has 0 unspecified atom stereocenters. The summed E-state index contributed by atoms with van der Waals surface area (Å²) in [6, 6.07) is 4.14. The van der Waals surface area contributed by atoms with Gasteiger partial charge in [-0.1, -0.05) is 0 Å². The van der Waals surface area contributed by atoms with E-state index in [2.05, 4.69) is 16.0 Å². The SMILES string of the molecule is NCCC1CCN(c2cccnc2)CC1. The van der Waals surface area contributed by atoms with E-state index in [4.69, 9.17) is 5.73 Å². The monoisotopic (exact) mass is 205 g/mol. The largest absolute Gasteiger partial charge is 0.370 e. The first-order valence-electron chi connectivity index (χ1n) is 5.75. The maximum atomic E-state index is 5.58. The Balaban J connectivity index is 1.88. The van der Waals surface area contributed by atoms with Crippen molar-refractivity contribution in [1.82, 2.24) is 4.98 Å². The molecule has 0 spiro atoms. The average Bonchev–Trinajstić information content (AvgIpc) is 2.32. The van der Waals surface area contributed by atoms with Crippen LogP contribution in [-0.2, 0) is 0 Å². The van der Waals surface area contributed by atoms with Gasteiger partial charge in [0.15, 0.2) is 0 Å². The van der Waals surface area contributed by atoms with Crippen LogP contribution in [0.1, 0.15) is 19.3 Å². The van der Waals surface area contributed by atoms with E-state index >= 15 is 0 Å². The van der Waals surface area contributed by atoms with Crippen molar-refractivity contribution >= 4 is 5.69 Å². The van der Waals surface area contributed by atoms with E-state index in [1.165, 1.54) is 24.9 Å². The highest BCUT2D eigenvalue weighted by Gasteiger charge is 2.18. The zero-order valence-electron chi connectivity index (χ0n) is 9.10. The van der Waals surface area contributed by atoms with Crippen molar-refractivity contribution in [2.45, 2.75) is 19.3 Å². The molecular formula is C12H19N3. The molecule has 15 heavy (non-hydrogen) atoms. The summed E-state index contributed by atoms with van der Waals surface area (Å²) in [5, 5.41) is 0. The van der Waals surface area contributed by atoms with E-state index in [-0.39, 0.29) is 0 Å². The molecule has 1 aliphatic rings. The first kappa shape index (κ1) is 10.4. The lowest BCUT2D eigenvalue weighted by atomic mass is 9.93. The van der Waals surface area contributed by atoms with Gasteiger partial charge in [-0.05, 0) is 43.9 Å². The van der Waals surface area contributed by atoms with Crippen LogP contribution in [0.25, 0.3) is 0 Å². The molecule has 0 amide bonds. The van der Waals surface area contributed by atoms with Gasteiger partial charge in [0.05, 0.1) is 11.9 Å². The summed E-state index contributed by atoms with van der Waals surface area (Å²) in [5.41, 5.74) is 6.83. The van der Waals surface area contributed by atoms with E-state index in [1.54, 1.807) is 0 Å². The molecule has 0 aromatic carbocycles. The quantitative estimate of drug-likeness (QED) is 0.815. The normalized spacial score (nSPS) is 18.1. The van der Waals surface area contributed by atoms with Crippen LogP contribution in [0.5, 0.6) is 0 Å². The molecule has 0 atom stereocenters. The maximum absolute atomic E-state index is 5.58. The zero-order chi connectivity index (χ0) is 10.5. The second-order valence-electron chi connectivity index (χ2n) is 4.22. The Bertz CT molecular complexity index is 278. The van der Waals surface area contributed by atoms with Crippen molar-refractivity contribution in [3.63, 3.8) is 0 Å². The molecule has 0 radical (unpaired) electrons. The van der Waals surface area contributed by atoms with Gasteiger partial charge in [-0.25, -0.2) is 0 Å².